The fourth-order valence-corrected chi connectivity index (χ4v) is 6.20. The molecular formula is C37H7F9N8. The molecule has 0 heterocycles. The van der Waals surface area contributed by atoms with Crippen LogP contribution in [0.4, 0.5) is 39.5 Å². The summed E-state index contributed by atoms with van der Waals surface area (Å²) in [6.45, 7) is 0. The Kier molecular flexibility index (Phi) is 8.88. The fraction of sp³-hybridized carbons (Fsp3) is 0.0811. The van der Waals surface area contributed by atoms with Gasteiger partial charge >= 0.3 is 18.5 Å². The molecule has 2 aliphatic carbocycles. The summed E-state index contributed by atoms with van der Waals surface area (Å²) in [4.78, 5) is 0. The maximum absolute atomic E-state index is 14.0. The van der Waals surface area contributed by atoms with Crippen LogP contribution in [0, 0.1) is 90.6 Å². The van der Waals surface area contributed by atoms with Crippen LogP contribution in [0.2, 0.25) is 0 Å². The highest BCUT2D eigenvalue weighted by Crippen LogP contribution is 2.57. The van der Waals surface area contributed by atoms with Crippen LogP contribution in [0.15, 0.2) is 53.6 Å². The van der Waals surface area contributed by atoms with E-state index in [4.69, 9.17) is 0 Å². The number of nitrogens with zero attached hydrogens (tertiary/aromatic N) is 8. The van der Waals surface area contributed by atoms with Crippen molar-refractivity contribution in [3.63, 3.8) is 0 Å². The summed E-state index contributed by atoms with van der Waals surface area (Å²) < 4.78 is 126. The maximum Gasteiger partial charge on any atom is 0.417 e. The Morgan fingerprint density at radius 1 is 0.463 bits per heavy atom. The minimum atomic E-state index is -5.39. The van der Waals surface area contributed by atoms with Gasteiger partial charge in [0.1, 0.15) is 53.6 Å². The van der Waals surface area contributed by atoms with E-state index in [2.05, 4.69) is 0 Å². The van der Waals surface area contributed by atoms with E-state index < -0.39 is 124 Å². The highest BCUT2D eigenvalue weighted by Gasteiger charge is 2.43. The molecule has 0 N–H and O–H groups in total. The molecule has 0 aliphatic heterocycles. The van der Waals surface area contributed by atoms with Crippen LogP contribution in [0.25, 0.3) is 33.4 Å². The molecule has 0 unspecified atom stereocenters. The van der Waals surface area contributed by atoms with Crippen molar-refractivity contribution in [2.24, 2.45) is 0 Å². The third-order valence-electron chi connectivity index (χ3n) is 8.26. The van der Waals surface area contributed by atoms with Gasteiger partial charge in [-0.1, -0.05) is 6.07 Å². The minimum Gasteiger partial charge on any atom is -0.192 e. The van der Waals surface area contributed by atoms with Gasteiger partial charge in [-0.2, -0.15) is 81.6 Å². The van der Waals surface area contributed by atoms with Gasteiger partial charge in [-0.25, -0.2) is 0 Å². The zero-order chi connectivity index (χ0) is 40.1. The van der Waals surface area contributed by atoms with E-state index in [1.807, 2.05) is 0 Å². The predicted molar refractivity (Wildman–Crippen MR) is 165 cm³/mol. The molecule has 0 fully saturated rings. The quantitative estimate of drug-likeness (QED) is 0.184. The van der Waals surface area contributed by atoms with Gasteiger partial charge in [-0.05, 0) is 58.7 Å². The molecule has 0 saturated heterocycles. The predicted octanol–water partition coefficient (Wildman–Crippen LogP) is 8.98. The van der Waals surface area contributed by atoms with Gasteiger partial charge in [0, 0.05) is 33.4 Å². The molecule has 2 aliphatic rings. The average molecular weight is 735 g/mol. The number of halogens is 9. The highest BCUT2D eigenvalue weighted by atomic mass is 19.4. The molecule has 0 bridgehead atoms. The number of allylic oxidation sites excluding steroid dienone is 8. The van der Waals surface area contributed by atoms with Crippen LogP contribution < -0.4 is 0 Å². The molecule has 5 rings (SSSR count). The summed E-state index contributed by atoms with van der Waals surface area (Å²) in [5, 5.41) is 80.3. The molecule has 17 heteroatoms. The first kappa shape index (κ1) is 37.2. The van der Waals surface area contributed by atoms with E-state index in [9.17, 15) is 81.6 Å². The first-order valence-corrected chi connectivity index (χ1v) is 14.3. The number of nitriles is 8. The number of rotatable bonds is 2. The molecule has 0 radical (unpaired) electrons. The monoisotopic (exact) mass is 734 g/mol. The molecule has 0 spiro atoms. The number of alkyl halides is 9. The molecular weight excluding hydrogens is 727 g/mol. The standard InChI is InChI=1S/C37H7F9N8/c38-35(39,40)21-3-18(4-22(6-21)36(41,42)43)30-26(14-53)34-24(32(30)20(11-50)12-51)7-23-31(19(9-48)10-49)29(25(13-52)33(23)27(34)15-54)16-1-2-17(8-47)28(5-16)37(44,45)46/h1-7H. The number of hydrogen-bond donors (Lipinski definition) is 0. The normalized spacial score (nSPS) is 13.3. The summed E-state index contributed by atoms with van der Waals surface area (Å²) in [6, 6.07) is 15.6. The molecule has 3 aromatic carbocycles. The SMILES string of the molecule is N#CC(C#N)=C1C(c2cc(C(F)(F)F)cc(C(F)(F)F)c2)=C(C#N)c2c1cc1c(c2C#N)C(C#N)=C(c2ccc(C#N)c(C(F)(F)F)c2)C1=C(C#N)C#N. The summed E-state index contributed by atoms with van der Waals surface area (Å²) in [6.07, 6.45) is -15.9. The average Bonchev–Trinajstić information content (AvgIpc) is 3.63. The van der Waals surface area contributed by atoms with Gasteiger partial charge in [-0.15, -0.1) is 0 Å². The molecule has 3 aromatic rings. The van der Waals surface area contributed by atoms with Crippen molar-refractivity contribution in [3.8, 4) is 48.6 Å². The lowest BCUT2D eigenvalue weighted by atomic mass is 9.86. The lowest BCUT2D eigenvalue weighted by molar-refractivity contribution is -0.143. The van der Waals surface area contributed by atoms with Crippen LogP contribution in [-0.2, 0) is 18.5 Å². The summed E-state index contributed by atoms with van der Waals surface area (Å²) in [7, 11) is 0. The third-order valence-corrected chi connectivity index (χ3v) is 8.26. The Morgan fingerprint density at radius 3 is 1.26 bits per heavy atom. The Morgan fingerprint density at radius 2 is 0.907 bits per heavy atom. The summed E-state index contributed by atoms with van der Waals surface area (Å²) in [5.74, 6) is 0. The van der Waals surface area contributed by atoms with Crippen LogP contribution in [0.1, 0.15) is 61.2 Å². The van der Waals surface area contributed by atoms with Gasteiger partial charge in [0.25, 0.3) is 0 Å². The molecule has 0 amide bonds. The minimum absolute atomic E-state index is 0.215. The van der Waals surface area contributed by atoms with Crippen molar-refractivity contribution in [2.45, 2.75) is 18.5 Å². The van der Waals surface area contributed by atoms with Crippen molar-refractivity contribution >= 4 is 33.4 Å². The molecule has 8 nitrogen and oxygen atoms in total. The largest absolute Gasteiger partial charge is 0.417 e. The number of fused-ring (bicyclic) bond motifs is 2. The smallest absolute Gasteiger partial charge is 0.192 e. The second-order valence-corrected chi connectivity index (χ2v) is 11.0. The Bertz CT molecular complexity index is 2690. The van der Waals surface area contributed by atoms with Gasteiger partial charge < -0.3 is 0 Å². The summed E-state index contributed by atoms with van der Waals surface area (Å²) in [5.41, 5.74) is -16.2. The van der Waals surface area contributed by atoms with Crippen LogP contribution in [-0.4, -0.2) is 0 Å². The number of benzene rings is 3. The van der Waals surface area contributed by atoms with E-state index in [1.54, 1.807) is 18.2 Å². The van der Waals surface area contributed by atoms with Crippen molar-refractivity contribution < 1.29 is 39.5 Å². The first-order chi connectivity index (χ1) is 25.4. The van der Waals surface area contributed by atoms with Crippen LogP contribution in [0.5, 0.6) is 0 Å². The van der Waals surface area contributed by atoms with Crippen LogP contribution in [0.3, 0.4) is 0 Å². The maximum atomic E-state index is 14.0. The molecule has 0 saturated carbocycles. The second kappa shape index (κ2) is 12.9. The lowest BCUT2D eigenvalue weighted by Gasteiger charge is -2.16. The zero-order valence-electron chi connectivity index (χ0n) is 26.0. The number of hydrogen-bond acceptors (Lipinski definition) is 8. The second-order valence-electron chi connectivity index (χ2n) is 11.0. The van der Waals surface area contributed by atoms with E-state index >= 15 is 0 Å². The Balaban J connectivity index is 2.04. The van der Waals surface area contributed by atoms with E-state index in [0.29, 0.717) is 6.07 Å². The van der Waals surface area contributed by atoms with E-state index in [0.717, 1.165) is 18.2 Å². The van der Waals surface area contributed by atoms with Crippen molar-refractivity contribution in [1.82, 2.24) is 0 Å². The molecule has 0 aromatic heterocycles. The fourth-order valence-electron chi connectivity index (χ4n) is 6.20. The molecule has 258 valence electrons. The van der Waals surface area contributed by atoms with Gasteiger partial charge in [0.05, 0.1) is 45.0 Å². The Labute approximate surface area is 296 Å². The zero-order valence-corrected chi connectivity index (χ0v) is 26.0. The van der Waals surface area contributed by atoms with Gasteiger partial charge in [0.2, 0.25) is 0 Å². The van der Waals surface area contributed by atoms with E-state index in [-0.39, 0.29) is 18.2 Å². The van der Waals surface area contributed by atoms with Gasteiger partial charge in [-0.3, -0.25) is 0 Å². The van der Waals surface area contributed by atoms with Crippen molar-refractivity contribution in [1.29, 1.82) is 42.1 Å². The van der Waals surface area contributed by atoms with Crippen LogP contribution >= 0.6 is 0 Å². The first-order valence-electron chi connectivity index (χ1n) is 14.3. The van der Waals surface area contributed by atoms with Gasteiger partial charge in [0.15, 0.2) is 0 Å². The van der Waals surface area contributed by atoms with E-state index in [1.165, 1.54) is 30.3 Å². The Hall–Kier alpha value is -8.09. The highest BCUT2D eigenvalue weighted by molar-refractivity contribution is 6.31. The lowest BCUT2D eigenvalue weighted by Crippen LogP contribution is -2.12. The van der Waals surface area contributed by atoms with Crippen molar-refractivity contribution in [3.05, 3.63) is 115 Å². The molecule has 0 atom stereocenters. The third kappa shape index (κ3) is 5.72. The molecule has 54 heavy (non-hydrogen) atoms. The van der Waals surface area contributed by atoms with Crippen molar-refractivity contribution in [2.75, 3.05) is 0 Å². The topological polar surface area (TPSA) is 190 Å². The summed E-state index contributed by atoms with van der Waals surface area (Å²) >= 11 is 0.